The highest BCUT2D eigenvalue weighted by atomic mass is 35.5. The Hall–Kier alpha value is -2.55. The number of anilines is 2. The Morgan fingerprint density at radius 2 is 2.04 bits per heavy atom. The third-order valence-corrected chi connectivity index (χ3v) is 4.02. The molecular weight excluding hydrogens is 373 g/mol. The van der Waals surface area contributed by atoms with E-state index in [4.69, 9.17) is 11.6 Å². The van der Waals surface area contributed by atoms with Crippen LogP contribution in [-0.4, -0.2) is 35.6 Å². The van der Waals surface area contributed by atoms with Gasteiger partial charge in [-0.3, -0.25) is 4.79 Å². The van der Waals surface area contributed by atoms with Crippen molar-refractivity contribution in [2.24, 2.45) is 0 Å². The van der Waals surface area contributed by atoms with Crippen molar-refractivity contribution in [3.8, 4) is 5.75 Å². The third-order valence-electron chi connectivity index (χ3n) is 3.74. The van der Waals surface area contributed by atoms with Gasteiger partial charge in [-0.1, -0.05) is 11.6 Å². The summed E-state index contributed by atoms with van der Waals surface area (Å²) in [5.41, 5.74) is -0.0107. The van der Waals surface area contributed by atoms with Crippen molar-refractivity contribution >= 4 is 29.1 Å². The van der Waals surface area contributed by atoms with Crippen LogP contribution in [-0.2, 0) is 0 Å². The van der Waals surface area contributed by atoms with Crippen LogP contribution >= 0.6 is 11.6 Å². The molecule has 0 saturated carbocycles. The molecule has 0 aliphatic carbocycles. The molecule has 3 rings (SSSR count). The fourth-order valence-electron chi connectivity index (χ4n) is 2.55. The smallest absolute Gasteiger partial charge is 0.387 e. The molecule has 1 aromatic carbocycles. The summed E-state index contributed by atoms with van der Waals surface area (Å²) in [6.45, 7) is -1.56. The molecule has 1 fully saturated rings. The van der Waals surface area contributed by atoms with Gasteiger partial charge in [0.2, 0.25) is 5.95 Å². The molecule has 0 unspecified atom stereocenters. The second-order valence-corrected chi connectivity index (χ2v) is 5.95. The van der Waals surface area contributed by atoms with Crippen LogP contribution in [0.25, 0.3) is 0 Å². The molecule has 138 valence electrons. The van der Waals surface area contributed by atoms with Gasteiger partial charge in [0, 0.05) is 24.8 Å². The van der Waals surface area contributed by atoms with Crippen molar-refractivity contribution < 1.29 is 22.7 Å². The number of nitrogens with zero attached hydrogens (tertiary/aromatic N) is 3. The van der Waals surface area contributed by atoms with Crippen molar-refractivity contribution in [3.05, 3.63) is 40.9 Å². The van der Waals surface area contributed by atoms with E-state index >= 15 is 0 Å². The number of alkyl halides is 2. The number of carbonyl (C=O) groups is 1. The maximum atomic E-state index is 13.7. The summed E-state index contributed by atoms with van der Waals surface area (Å²) in [4.78, 5) is 22.6. The maximum Gasteiger partial charge on any atom is 0.387 e. The van der Waals surface area contributed by atoms with E-state index in [-0.39, 0.29) is 16.4 Å². The highest BCUT2D eigenvalue weighted by Crippen LogP contribution is 2.24. The molecule has 1 aliphatic heterocycles. The molecule has 10 heteroatoms. The minimum Gasteiger partial charge on any atom is -0.432 e. The van der Waals surface area contributed by atoms with Crippen LogP contribution in [0.4, 0.5) is 24.8 Å². The molecule has 1 saturated heterocycles. The summed E-state index contributed by atoms with van der Waals surface area (Å²) in [7, 11) is 0. The molecule has 1 aromatic heterocycles. The summed E-state index contributed by atoms with van der Waals surface area (Å²) in [5.74, 6) is -1.92. The number of amides is 1. The number of ether oxygens (including phenoxy) is 1. The molecule has 1 aliphatic rings. The van der Waals surface area contributed by atoms with E-state index in [2.05, 4.69) is 20.0 Å². The van der Waals surface area contributed by atoms with Crippen molar-refractivity contribution in [1.82, 2.24) is 9.97 Å². The first-order valence-corrected chi connectivity index (χ1v) is 8.15. The molecule has 0 atom stereocenters. The monoisotopic (exact) mass is 386 g/mol. The highest BCUT2D eigenvalue weighted by molar-refractivity contribution is 6.34. The van der Waals surface area contributed by atoms with Crippen molar-refractivity contribution in [3.63, 3.8) is 0 Å². The van der Waals surface area contributed by atoms with Crippen molar-refractivity contribution in [2.45, 2.75) is 19.5 Å². The van der Waals surface area contributed by atoms with Gasteiger partial charge in [0.05, 0.1) is 11.2 Å². The standard InChI is InChI=1S/C16H14ClF3N4O2/c17-10-8-21-16(24-5-1-2-6-24)23-13(10)14(25)22-9-3-4-12(11(18)7-9)26-15(19)20/h3-4,7-8,15H,1-2,5-6H2,(H,22,25). The minimum atomic E-state index is -3.14. The maximum absolute atomic E-state index is 13.7. The topological polar surface area (TPSA) is 67.3 Å². The molecule has 26 heavy (non-hydrogen) atoms. The first-order valence-electron chi connectivity index (χ1n) is 7.77. The summed E-state index contributed by atoms with van der Waals surface area (Å²) < 4.78 is 42.1. The predicted molar refractivity (Wildman–Crippen MR) is 89.5 cm³/mol. The number of aromatic nitrogens is 2. The number of carbonyl (C=O) groups excluding carboxylic acids is 1. The van der Waals surface area contributed by atoms with E-state index < -0.39 is 24.1 Å². The van der Waals surface area contributed by atoms with E-state index in [1.807, 2.05) is 4.90 Å². The summed E-state index contributed by atoms with van der Waals surface area (Å²) in [6, 6.07) is 3.09. The van der Waals surface area contributed by atoms with E-state index in [1.165, 1.54) is 12.3 Å². The van der Waals surface area contributed by atoms with E-state index in [1.54, 1.807) is 0 Å². The molecule has 2 heterocycles. The molecule has 1 N–H and O–H groups in total. The van der Waals surface area contributed by atoms with Crippen LogP contribution in [0.2, 0.25) is 5.02 Å². The lowest BCUT2D eigenvalue weighted by Gasteiger charge is -2.16. The van der Waals surface area contributed by atoms with Gasteiger partial charge in [-0.25, -0.2) is 14.4 Å². The van der Waals surface area contributed by atoms with Gasteiger partial charge >= 0.3 is 6.61 Å². The zero-order chi connectivity index (χ0) is 18.7. The van der Waals surface area contributed by atoms with Crippen LogP contribution < -0.4 is 15.0 Å². The Morgan fingerprint density at radius 3 is 2.69 bits per heavy atom. The zero-order valence-corrected chi connectivity index (χ0v) is 14.1. The van der Waals surface area contributed by atoms with Gasteiger partial charge in [-0.2, -0.15) is 8.78 Å². The fourth-order valence-corrected chi connectivity index (χ4v) is 2.72. The average molecular weight is 387 g/mol. The van der Waals surface area contributed by atoms with Crippen molar-refractivity contribution in [1.29, 1.82) is 0 Å². The van der Waals surface area contributed by atoms with Gasteiger partial charge in [0.15, 0.2) is 17.3 Å². The Balaban J connectivity index is 1.77. The Labute approximate surface area is 151 Å². The lowest BCUT2D eigenvalue weighted by Crippen LogP contribution is -2.23. The van der Waals surface area contributed by atoms with E-state index in [0.29, 0.717) is 5.95 Å². The van der Waals surface area contributed by atoms with Crippen molar-refractivity contribution in [2.75, 3.05) is 23.3 Å². The quantitative estimate of drug-likeness (QED) is 0.848. The molecule has 0 radical (unpaired) electrons. The zero-order valence-electron chi connectivity index (χ0n) is 13.4. The third kappa shape index (κ3) is 4.16. The molecule has 6 nitrogen and oxygen atoms in total. The highest BCUT2D eigenvalue weighted by Gasteiger charge is 2.20. The molecule has 1 amide bonds. The lowest BCUT2D eigenvalue weighted by atomic mass is 10.2. The molecular formula is C16H14ClF3N4O2. The number of benzene rings is 1. The van der Waals surface area contributed by atoms with Crippen LogP contribution in [0.5, 0.6) is 5.75 Å². The number of halogens is 4. The van der Waals surface area contributed by atoms with Crippen LogP contribution in [0.3, 0.4) is 0 Å². The average Bonchev–Trinajstić information content (AvgIpc) is 3.12. The Bertz CT molecular complexity index is 816. The SMILES string of the molecule is O=C(Nc1ccc(OC(F)F)c(F)c1)c1nc(N2CCCC2)ncc1Cl. The van der Waals surface area contributed by atoms with Crippen LogP contribution in [0, 0.1) is 5.82 Å². The Morgan fingerprint density at radius 1 is 1.31 bits per heavy atom. The van der Waals surface area contributed by atoms with E-state index in [9.17, 15) is 18.0 Å². The first kappa shape index (κ1) is 18.2. The van der Waals surface area contributed by atoms with Crippen LogP contribution in [0.15, 0.2) is 24.4 Å². The Kier molecular flexibility index (Phi) is 5.46. The van der Waals surface area contributed by atoms with Gasteiger partial charge in [-0.05, 0) is 25.0 Å². The summed E-state index contributed by atoms with van der Waals surface area (Å²) in [5, 5.41) is 2.47. The predicted octanol–water partition coefficient (Wildman–Crippen LogP) is 3.72. The lowest BCUT2D eigenvalue weighted by molar-refractivity contribution is -0.0521. The van der Waals surface area contributed by atoms with Gasteiger partial charge in [-0.15, -0.1) is 0 Å². The summed E-state index contributed by atoms with van der Waals surface area (Å²) >= 11 is 6.00. The summed E-state index contributed by atoms with van der Waals surface area (Å²) in [6.07, 6.45) is 3.36. The van der Waals surface area contributed by atoms with Gasteiger partial charge in [0.1, 0.15) is 0 Å². The fraction of sp³-hybridized carbons (Fsp3) is 0.312. The van der Waals surface area contributed by atoms with Gasteiger partial charge < -0.3 is 15.0 Å². The normalized spacial score (nSPS) is 14.0. The molecule has 2 aromatic rings. The molecule has 0 bridgehead atoms. The second kappa shape index (κ2) is 7.77. The largest absolute Gasteiger partial charge is 0.432 e. The second-order valence-electron chi connectivity index (χ2n) is 5.54. The minimum absolute atomic E-state index is 0.0450. The van der Waals surface area contributed by atoms with Gasteiger partial charge in [0.25, 0.3) is 5.91 Å². The number of rotatable bonds is 5. The van der Waals surface area contributed by atoms with E-state index in [0.717, 1.165) is 38.1 Å². The molecule has 0 spiro atoms. The number of hydrogen-bond acceptors (Lipinski definition) is 5. The van der Waals surface area contributed by atoms with Crippen LogP contribution in [0.1, 0.15) is 23.3 Å². The first-order chi connectivity index (χ1) is 12.4. The number of nitrogens with one attached hydrogen (secondary N) is 1. The number of hydrogen-bond donors (Lipinski definition) is 1.